The molecular weight excluding hydrogens is 264 g/mol. The van der Waals surface area contributed by atoms with E-state index in [0.717, 1.165) is 26.2 Å². The SMILES string of the molecule is CCN(CC)Cc1ccccc1CNC1CCCSC1. The summed E-state index contributed by atoms with van der Waals surface area (Å²) >= 11 is 2.09. The number of benzene rings is 1. The van der Waals surface area contributed by atoms with Gasteiger partial charge in [0.05, 0.1) is 0 Å². The molecule has 1 fully saturated rings. The molecule has 0 aliphatic carbocycles. The molecule has 1 heterocycles. The third-order valence-electron chi connectivity index (χ3n) is 4.15. The quantitative estimate of drug-likeness (QED) is 0.828. The second-order valence-electron chi connectivity index (χ2n) is 5.53. The number of hydrogen-bond acceptors (Lipinski definition) is 3. The molecule has 0 spiro atoms. The first-order chi connectivity index (χ1) is 9.83. The standard InChI is InChI=1S/C17H28N2S/c1-3-19(4-2)13-16-9-6-5-8-15(16)12-18-17-10-7-11-20-14-17/h5-6,8-9,17-18H,3-4,7,10-14H2,1-2H3. The Morgan fingerprint density at radius 2 is 1.95 bits per heavy atom. The third-order valence-corrected chi connectivity index (χ3v) is 5.36. The summed E-state index contributed by atoms with van der Waals surface area (Å²) in [6.07, 6.45) is 2.70. The summed E-state index contributed by atoms with van der Waals surface area (Å²) in [4.78, 5) is 2.48. The Bertz CT molecular complexity index is 384. The van der Waals surface area contributed by atoms with Gasteiger partial charge < -0.3 is 5.32 Å². The normalized spacial score (nSPS) is 19.4. The average Bonchev–Trinajstić information content (AvgIpc) is 2.52. The Hall–Kier alpha value is -0.510. The summed E-state index contributed by atoms with van der Waals surface area (Å²) in [6.45, 7) is 8.81. The fourth-order valence-electron chi connectivity index (χ4n) is 2.73. The van der Waals surface area contributed by atoms with Crippen LogP contribution in [0.2, 0.25) is 0 Å². The summed E-state index contributed by atoms with van der Waals surface area (Å²) in [5.41, 5.74) is 2.95. The number of nitrogens with one attached hydrogen (secondary N) is 1. The van der Waals surface area contributed by atoms with Crippen molar-refractivity contribution in [3.05, 3.63) is 35.4 Å². The molecule has 1 aromatic carbocycles. The van der Waals surface area contributed by atoms with E-state index in [2.05, 4.69) is 60.1 Å². The maximum atomic E-state index is 3.75. The number of rotatable bonds is 7. The molecule has 1 N–H and O–H groups in total. The maximum absolute atomic E-state index is 3.75. The van der Waals surface area contributed by atoms with Gasteiger partial charge in [0.25, 0.3) is 0 Å². The predicted octanol–water partition coefficient (Wildman–Crippen LogP) is 3.51. The lowest BCUT2D eigenvalue weighted by atomic mass is 10.1. The second-order valence-corrected chi connectivity index (χ2v) is 6.67. The van der Waals surface area contributed by atoms with E-state index in [9.17, 15) is 0 Å². The van der Waals surface area contributed by atoms with Crippen LogP contribution in [0.5, 0.6) is 0 Å². The molecule has 1 atom stereocenters. The van der Waals surface area contributed by atoms with Gasteiger partial charge in [-0.1, -0.05) is 38.1 Å². The summed E-state index contributed by atoms with van der Waals surface area (Å²) in [5.74, 6) is 2.62. The fourth-order valence-corrected chi connectivity index (χ4v) is 3.83. The van der Waals surface area contributed by atoms with Gasteiger partial charge in [0.2, 0.25) is 0 Å². The zero-order chi connectivity index (χ0) is 14.2. The zero-order valence-corrected chi connectivity index (χ0v) is 13.7. The number of thioether (sulfide) groups is 1. The van der Waals surface area contributed by atoms with Gasteiger partial charge in [-0.3, -0.25) is 4.90 Å². The van der Waals surface area contributed by atoms with E-state index in [1.807, 2.05) is 0 Å². The molecule has 1 aliphatic rings. The lowest BCUT2D eigenvalue weighted by Crippen LogP contribution is -2.33. The molecule has 3 heteroatoms. The zero-order valence-electron chi connectivity index (χ0n) is 12.9. The number of nitrogens with zero attached hydrogens (tertiary/aromatic N) is 1. The van der Waals surface area contributed by atoms with E-state index in [4.69, 9.17) is 0 Å². The van der Waals surface area contributed by atoms with Crippen molar-refractivity contribution in [2.24, 2.45) is 0 Å². The summed E-state index contributed by atoms with van der Waals surface area (Å²) in [6, 6.07) is 9.60. The first-order valence-electron chi connectivity index (χ1n) is 7.93. The molecule has 1 saturated heterocycles. The van der Waals surface area contributed by atoms with Crippen LogP contribution >= 0.6 is 11.8 Å². The minimum absolute atomic E-state index is 0.704. The molecule has 2 nitrogen and oxygen atoms in total. The van der Waals surface area contributed by atoms with Crippen molar-refractivity contribution in [3.8, 4) is 0 Å². The van der Waals surface area contributed by atoms with E-state index < -0.39 is 0 Å². The highest BCUT2D eigenvalue weighted by atomic mass is 32.2. The minimum atomic E-state index is 0.704. The highest BCUT2D eigenvalue weighted by Crippen LogP contribution is 2.18. The van der Waals surface area contributed by atoms with Crippen molar-refractivity contribution >= 4 is 11.8 Å². The van der Waals surface area contributed by atoms with Crippen LogP contribution in [0.25, 0.3) is 0 Å². The van der Waals surface area contributed by atoms with Gasteiger partial charge in [0, 0.05) is 24.9 Å². The molecule has 2 rings (SSSR count). The van der Waals surface area contributed by atoms with Crippen LogP contribution in [0, 0.1) is 0 Å². The largest absolute Gasteiger partial charge is 0.309 e. The van der Waals surface area contributed by atoms with E-state index in [-0.39, 0.29) is 0 Å². The summed E-state index contributed by atoms with van der Waals surface area (Å²) in [5, 5.41) is 3.75. The molecule has 0 aromatic heterocycles. The molecule has 0 bridgehead atoms. The second kappa shape index (κ2) is 8.71. The molecule has 1 aromatic rings. The van der Waals surface area contributed by atoms with Crippen LogP contribution in [-0.4, -0.2) is 35.5 Å². The Morgan fingerprint density at radius 3 is 2.60 bits per heavy atom. The molecule has 1 unspecified atom stereocenters. The van der Waals surface area contributed by atoms with Crippen molar-refractivity contribution in [3.63, 3.8) is 0 Å². The molecule has 112 valence electrons. The first kappa shape index (κ1) is 15.9. The summed E-state index contributed by atoms with van der Waals surface area (Å²) in [7, 11) is 0. The van der Waals surface area contributed by atoms with Gasteiger partial charge in [-0.15, -0.1) is 0 Å². The lowest BCUT2D eigenvalue weighted by molar-refractivity contribution is 0.294. The van der Waals surface area contributed by atoms with Gasteiger partial charge >= 0.3 is 0 Å². The number of hydrogen-bond donors (Lipinski definition) is 1. The fraction of sp³-hybridized carbons (Fsp3) is 0.647. The van der Waals surface area contributed by atoms with Crippen LogP contribution < -0.4 is 5.32 Å². The summed E-state index contributed by atoms with van der Waals surface area (Å²) < 4.78 is 0. The van der Waals surface area contributed by atoms with Crippen molar-refractivity contribution in [1.82, 2.24) is 10.2 Å². The minimum Gasteiger partial charge on any atom is -0.309 e. The lowest BCUT2D eigenvalue weighted by Gasteiger charge is -2.24. The molecule has 0 amide bonds. The van der Waals surface area contributed by atoms with Crippen LogP contribution in [0.4, 0.5) is 0 Å². The van der Waals surface area contributed by atoms with Crippen molar-refractivity contribution < 1.29 is 0 Å². The van der Waals surface area contributed by atoms with E-state index >= 15 is 0 Å². The van der Waals surface area contributed by atoms with Crippen LogP contribution in [0.3, 0.4) is 0 Å². The van der Waals surface area contributed by atoms with Gasteiger partial charge in [-0.05, 0) is 42.8 Å². The molecule has 0 saturated carbocycles. The van der Waals surface area contributed by atoms with Crippen LogP contribution in [0.15, 0.2) is 24.3 Å². The van der Waals surface area contributed by atoms with Gasteiger partial charge in [-0.2, -0.15) is 11.8 Å². The Kier molecular flexibility index (Phi) is 6.91. The predicted molar refractivity (Wildman–Crippen MR) is 90.3 cm³/mol. The van der Waals surface area contributed by atoms with E-state index in [0.29, 0.717) is 6.04 Å². The van der Waals surface area contributed by atoms with Gasteiger partial charge in [0.15, 0.2) is 0 Å². The van der Waals surface area contributed by atoms with Crippen LogP contribution in [-0.2, 0) is 13.1 Å². The monoisotopic (exact) mass is 292 g/mol. The Morgan fingerprint density at radius 1 is 1.20 bits per heavy atom. The molecule has 1 aliphatic heterocycles. The Labute approximate surface area is 128 Å². The topological polar surface area (TPSA) is 15.3 Å². The van der Waals surface area contributed by atoms with Crippen LogP contribution in [0.1, 0.15) is 37.8 Å². The average molecular weight is 292 g/mol. The van der Waals surface area contributed by atoms with Crippen molar-refractivity contribution in [1.29, 1.82) is 0 Å². The smallest absolute Gasteiger partial charge is 0.0236 e. The maximum Gasteiger partial charge on any atom is 0.0236 e. The first-order valence-corrected chi connectivity index (χ1v) is 9.09. The van der Waals surface area contributed by atoms with E-state index in [1.165, 1.54) is 35.5 Å². The third kappa shape index (κ3) is 4.80. The molecule has 20 heavy (non-hydrogen) atoms. The molecular formula is C17H28N2S. The van der Waals surface area contributed by atoms with E-state index in [1.54, 1.807) is 0 Å². The Balaban J connectivity index is 1.92. The molecule has 0 radical (unpaired) electrons. The van der Waals surface area contributed by atoms with Crippen molar-refractivity contribution in [2.45, 2.75) is 45.8 Å². The van der Waals surface area contributed by atoms with Crippen molar-refractivity contribution in [2.75, 3.05) is 24.6 Å². The van der Waals surface area contributed by atoms with Gasteiger partial charge in [0.1, 0.15) is 0 Å². The highest BCUT2D eigenvalue weighted by Gasteiger charge is 2.13. The highest BCUT2D eigenvalue weighted by molar-refractivity contribution is 7.99. The van der Waals surface area contributed by atoms with Gasteiger partial charge in [-0.25, -0.2) is 0 Å².